The molecule has 2 aliphatic rings. The minimum Gasteiger partial charge on any atom is -0.339 e. The van der Waals surface area contributed by atoms with Crippen LogP contribution < -0.4 is 0 Å². The van der Waals surface area contributed by atoms with Gasteiger partial charge in [0.25, 0.3) is 5.91 Å². The summed E-state index contributed by atoms with van der Waals surface area (Å²) in [6, 6.07) is 3.97. The summed E-state index contributed by atoms with van der Waals surface area (Å²) in [6.07, 6.45) is 5.35. The van der Waals surface area contributed by atoms with Gasteiger partial charge in [-0.2, -0.15) is 0 Å². The van der Waals surface area contributed by atoms with Crippen LogP contribution >= 0.6 is 0 Å². The number of piperidine rings is 1. The van der Waals surface area contributed by atoms with E-state index in [9.17, 15) is 4.79 Å². The fourth-order valence-electron chi connectivity index (χ4n) is 3.83. The summed E-state index contributed by atoms with van der Waals surface area (Å²) >= 11 is 0. The molecule has 0 N–H and O–H groups in total. The molecule has 2 aromatic rings. The van der Waals surface area contributed by atoms with Crippen molar-refractivity contribution in [1.82, 2.24) is 29.3 Å². The van der Waals surface area contributed by atoms with Gasteiger partial charge in [-0.1, -0.05) is 0 Å². The van der Waals surface area contributed by atoms with Gasteiger partial charge in [0.15, 0.2) is 11.5 Å². The van der Waals surface area contributed by atoms with Gasteiger partial charge in [0, 0.05) is 38.9 Å². The fourth-order valence-corrected chi connectivity index (χ4v) is 3.83. The highest BCUT2D eigenvalue weighted by atomic mass is 16.2. The summed E-state index contributed by atoms with van der Waals surface area (Å²) in [4.78, 5) is 19.4. The topological polar surface area (TPSA) is 57.0 Å². The van der Waals surface area contributed by atoms with Crippen LogP contribution in [-0.2, 0) is 0 Å². The van der Waals surface area contributed by atoms with Crippen LogP contribution in [-0.4, -0.2) is 82.0 Å². The second-order valence-electron chi connectivity index (χ2n) is 7.32. The minimum absolute atomic E-state index is 0.121. The summed E-state index contributed by atoms with van der Waals surface area (Å²) in [7, 11) is 4.26. The summed E-state index contributed by atoms with van der Waals surface area (Å²) in [5.74, 6) is 1.03. The van der Waals surface area contributed by atoms with Gasteiger partial charge in [-0.25, -0.2) is 0 Å². The Hall–Kier alpha value is -1.99. The van der Waals surface area contributed by atoms with E-state index in [1.807, 2.05) is 27.6 Å². The monoisotopic (exact) mass is 342 g/mol. The lowest BCUT2D eigenvalue weighted by Crippen LogP contribution is -2.45. The Bertz CT molecular complexity index is 766. The van der Waals surface area contributed by atoms with E-state index in [0.29, 0.717) is 0 Å². The molecule has 0 bridgehead atoms. The molecule has 4 rings (SSSR count). The zero-order valence-electron chi connectivity index (χ0n) is 15.1. The van der Waals surface area contributed by atoms with Crippen molar-refractivity contribution < 1.29 is 4.79 Å². The number of pyridine rings is 1. The first kappa shape index (κ1) is 16.5. The number of carbonyl (C=O) groups is 1. The van der Waals surface area contributed by atoms with Crippen molar-refractivity contribution in [2.75, 3.05) is 46.8 Å². The quantitative estimate of drug-likeness (QED) is 0.823. The zero-order chi connectivity index (χ0) is 17.4. The van der Waals surface area contributed by atoms with Crippen LogP contribution in [0.4, 0.5) is 0 Å². The Balaban J connectivity index is 1.66. The highest BCUT2D eigenvalue weighted by molar-refractivity contribution is 5.94. The van der Waals surface area contributed by atoms with Crippen LogP contribution in [0, 0.1) is 0 Å². The highest BCUT2D eigenvalue weighted by Crippen LogP contribution is 2.23. The van der Waals surface area contributed by atoms with Crippen molar-refractivity contribution in [2.24, 2.45) is 0 Å². The SMILES string of the molecule is CN1CCN(C)C(c2nnc3ccc(C(=O)N4CCCCC4)cn23)C1. The lowest BCUT2D eigenvalue weighted by molar-refractivity contribution is 0.0723. The minimum atomic E-state index is 0.121. The van der Waals surface area contributed by atoms with Crippen molar-refractivity contribution >= 4 is 11.6 Å². The number of nitrogens with zero attached hydrogens (tertiary/aromatic N) is 6. The highest BCUT2D eigenvalue weighted by Gasteiger charge is 2.28. The fraction of sp³-hybridized carbons (Fsp3) is 0.611. The van der Waals surface area contributed by atoms with Crippen molar-refractivity contribution in [3.63, 3.8) is 0 Å². The van der Waals surface area contributed by atoms with Crippen LogP contribution in [0.15, 0.2) is 18.3 Å². The lowest BCUT2D eigenvalue weighted by atomic mass is 10.1. The molecule has 7 heteroatoms. The van der Waals surface area contributed by atoms with Crippen LogP contribution in [0.5, 0.6) is 0 Å². The third-order valence-corrected chi connectivity index (χ3v) is 5.47. The van der Waals surface area contributed by atoms with Gasteiger partial charge in [-0.15, -0.1) is 10.2 Å². The Morgan fingerprint density at radius 1 is 1.04 bits per heavy atom. The van der Waals surface area contributed by atoms with E-state index in [1.165, 1.54) is 6.42 Å². The molecular weight excluding hydrogens is 316 g/mol. The van der Waals surface area contributed by atoms with Gasteiger partial charge >= 0.3 is 0 Å². The smallest absolute Gasteiger partial charge is 0.255 e. The first-order valence-corrected chi connectivity index (χ1v) is 9.16. The molecule has 0 saturated carbocycles. The second kappa shape index (κ2) is 6.72. The summed E-state index contributed by atoms with van der Waals surface area (Å²) < 4.78 is 2.00. The molecule has 134 valence electrons. The predicted molar refractivity (Wildman–Crippen MR) is 95.6 cm³/mol. The maximum atomic E-state index is 12.8. The molecule has 1 amide bonds. The molecule has 1 atom stereocenters. The Morgan fingerprint density at radius 3 is 2.64 bits per heavy atom. The van der Waals surface area contributed by atoms with Gasteiger partial charge in [-0.05, 0) is 45.5 Å². The Labute approximate surface area is 148 Å². The molecule has 1 unspecified atom stereocenters. The number of piperazine rings is 1. The number of hydrogen-bond acceptors (Lipinski definition) is 5. The maximum Gasteiger partial charge on any atom is 0.255 e. The molecule has 2 saturated heterocycles. The molecule has 7 nitrogen and oxygen atoms in total. The molecule has 2 aromatic heterocycles. The summed E-state index contributed by atoms with van der Waals surface area (Å²) in [5, 5.41) is 8.75. The van der Waals surface area contributed by atoms with Crippen LogP contribution in [0.1, 0.15) is 41.5 Å². The number of rotatable bonds is 2. The van der Waals surface area contributed by atoms with E-state index in [-0.39, 0.29) is 11.9 Å². The van der Waals surface area contributed by atoms with Gasteiger partial charge in [0.1, 0.15) is 0 Å². The standard InChI is InChI=1S/C18H26N6O/c1-21-10-11-22(2)15(13-21)17-20-19-16-7-6-14(12-24(16)17)18(25)23-8-4-3-5-9-23/h6-7,12,15H,3-5,8-11,13H2,1-2H3. The van der Waals surface area contributed by atoms with Crippen LogP contribution in [0.2, 0.25) is 0 Å². The van der Waals surface area contributed by atoms with Gasteiger partial charge in [0.2, 0.25) is 0 Å². The lowest BCUT2D eigenvalue weighted by Gasteiger charge is -2.36. The Kier molecular flexibility index (Phi) is 4.43. The third-order valence-electron chi connectivity index (χ3n) is 5.47. The van der Waals surface area contributed by atoms with E-state index in [4.69, 9.17) is 0 Å². The van der Waals surface area contributed by atoms with E-state index in [1.54, 1.807) is 0 Å². The van der Waals surface area contributed by atoms with E-state index in [0.717, 1.165) is 62.6 Å². The number of carbonyl (C=O) groups excluding carboxylic acids is 1. The van der Waals surface area contributed by atoms with Crippen LogP contribution in [0.25, 0.3) is 5.65 Å². The van der Waals surface area contributed by atoms with Crippen molar-refractivity contribution in [2.45, 2.75) is 25.3 Å². The molecule has 2 fully saturated rings. The Morgan fingerprint density at radius 2 is 1.84 bits per heavy atom. The summed E-state index contributed by atoms with van der Waals surface area (Å²) in [6.45, 7) is 4.70. The zero-order valence-corrected chi connectivity index (χ0v) is 15.1. The average Bonchev–Trinajstić information content (AvgIpc) is 3.07. The number of aromatic nitrogens is 3. The molecule has 4 heterocycles. The molecule has 0 radical (unpaired) electrons. The summed E-state index contributed by atoms with van der Waals surface area (Å²) in [5.41, 5.74) is 1.52. The van der Waals surface area contributed by atoms with Crippen molar-refractivity contribution in [3.05, 3.63) is 29.7 Å². The molecule has 0 aromatic carbocycles. The molecule has 0 spiro atoms. The molecule has 25 heavy (non-hydrogen) atoms. The number of amides is 1. The normalized spacial score (nSPS) is 23.3. The predicted octanol–water partition coefficient (Wildman–Crippen LogP) is 1.27. The van der Waals surface area contributed by atoms with E-state index in [2.05, 4.69) is 34.1 Å². The second-order valence-corrected chi connectivity index (χ2v) is 7.32. The van der Waals surface area contributed by atoms with E-state index < -0.39 is 0 Å². The van der Waals surface area contributed by atoms with Crippen molar-refractivity contribution in [1.29, 1.82) is 0 Å². The van der Waals surface area contributed by atoms with E-state index >= 15 is 0 Å². The number of likely N-dealkylation sites (tertiary alicyclic amines) is 1. The van der Waals surface area contributed by atoms with Crippen molar-refractivity contribution in [3.8, 4) is 0 Å². The van der Waals surface area contributed by atoms with Crippen LogP contribution in [0.3, 0.4) is 0 Å². The van der Waals surface area contributed by atoms with Gasteiger partial charge in [-0.3, -0.25) is 14.1 Å². The average molecular weight is 342 g/mol. The maximum absolute atomic E-state index is 12.8. The van der Waals surface area contributed by atoms with Gasteiger partial charge in [0.05, 0.1) is 11.6 Å². The number of fused-ring (bicyclic) bond motifs is 1. The largest absolute Gasteiger partial charge is 0.339 e. The molecular formula is C18H26N6O. The first-order valence-electron chi connectivity index (χ1n) is 9.16. The number of likely N-dealkylation sites (N-methyl/N-ethyl adjacent to an activating group) is 2. The third kappa shape index (κ3) is 3.14. The van der Waals surface area contributed by atoms with Gasteiger partial charge < -0.3 is 9.80 Å². The number of hydrogen-bond donors (Lipinski definition) is 0. The first-order chi connectivity index (χ1) is 12.1. The molecule has 2 aliphatic heterocycles. The molecule has 0 aliphatic carbocycles.